The maximum absolute atomic E-state index is 5.97. The highest BCUT2D eigenvalue weighted by atomic mass is 35.5. The number of halogens is 1. The minimum atomic E-state index is 0.197. The maximum atomic E-state index is 5.97. The number of fused-ring (bicyclic) bond motifs is 1. The molecule has 0 amide bonds. The first-order valence-electron chi connectivity index (χ1n) is 6.44. The summed E-state index contributed by atoms with van der Waals surface area (Å²) in [6, 6.07) is 8.43. The summed E-state index contributed by atoms with van der Waals surface area (Å²) >= 11 is 5.97. The van der Waals surface area contributed by atoms with Gasteiger partial charge in [0.1, 0.15) is 6.10 Å². The molecule has 1 aliphatic heterocycles. The fourth-order valence-electron chi connectivity index (χ4n) is 2.72. The fraction of sp³-hybridized carbons (Fsp3) is 0.500. The summed E-state index contributed by atoms with van der Waals surface area (Å²) in [6.07, 6.45) is 3.95. The van der Waals surface area contributed by atoms with Crippen LogP contribution >= 0.6 is 11.6 Å². The van der Waals surface area contributed by atoms with Crippen molar-refractivity contribution < 1.29 is 4.74 Å². The van der Waals surface area contributed by atoms with E-state index in [1.165, 1.54) is 0 Å². The van der Waals surface area contributed by atoms with E-state index in [2.05, 4.69) is 4.99 Å². The topological polar surface area (TPSA) is 47.6 Å². The van der Waals surface area contributed by atoms with Gasteiger partial charge in [0.2, 0.25) is 0 Å². The van der Waals surface area contributed by atoms with Crippen LogP contribution < -0.4 is 5.73 Å². The predicted molar refractivity (Wildman–Crippen MR) is 73.1 cm³/mol. The molecule has 1 aromatic rings. The van der Waals surface area contributed by atoms with Crippen LogP contribution in [0.1, 0.15) is 24.8 Å². The molecule has 0 saturated heterocycles. The molecule has 2 N–H and O–H groups in total. The first kappa shape index (κ1) is 12.0. The molecule has 2 aliphatic rings. The van der Waals surface area contributed by atoms with Crippen molar-refractivity contribution in [3.63, 3.8) is 0 Å². The quantitative estimate of drug-likeness (QED) is 0.892. The summed E-state index contributed by atoms with van der Waals surface area (Å²) in [5, 5.41) is 0.755. The minimum absolute atomic E-state index is 0.197. The van der Waals surface area contributed by atoms with E-state index in [-0.39, 0.29) is 12.1 Å². The molecule has 0 bridgehead atoms. The van der Waals surface area contributed by atoms with Crippen LogP contribution in [0, 0.1) is 0 Å². The van der Waals surface area contributed by atoms with Crippen molar-refractivity contribution in [1.82, 2.24) is 0 Å². The normalized spacial score (nSPS) is 30.6. The SMILES string of the molecule is NC1CCC2N=C(Cc3cccc(Cl)c3)OC2C1. The summed E-state index contributed by atoms with van der Waals surface area (Å²) in [4.78, 5) is 4.67. The van der Waals surface area contributed by atoms with Crippen molar-refractivity contribution in [2.75, 3.05) is 0 Å². The summed E-state index contributed by atoms with van der Waals surface area (Å²) in [6.45, 7) is 0. The van der Waals surface area contributed by atoms with Crippen molar-refractivity contribution >= 4 is 17.5 Å². The molecule has 18 heavy (non-hydrogen) atoms. The Labute approximate surface area is 112 Å². The van der Waals surface area contributed by atoms with Crippen molar-refractivity contribution in [1.29, 1.82) is 0 Å². The van der Waals surface area contributed by atoms with E-state index >= 15 is 0 Å². The molecular weight excluding hydrogens is 248 g/mol. The molecule has 1 fully saturated rings. The van der Waals surface area contributed by atoms with Gasteiger partial charge < -0.3 is 10.5 Å². The lowest BCUT2D eigenvalue weighted by Gasteiger charge is -2.26. The van der Waals surface area contributed by atoms with Crippen molar-refractivity contribution in [3.05, 3.63) is 34.9 Å². The van der Waals surface area contributed by atoms with E-state index in [0.717, 1.165) is 42.2 Å². The second-order valence-electron chi connectivity index (χ2n) is 5.13. The van der Waals surface area contributed by atoms with E-state index in [9.17, 15) is 0 Å². The van der Waals surface area contributed by atoms with Gasteiger partial charge in [-0.25, -0.2) is 4.99 Å². The summed E-state index contributed by atoms with van der Waals surface area (Å²) < 4.78 is 5.91. The zero-order valence-corrected chi connectivity index (χ0v) is 10.9. The monoisotopic (exact) mass is 264 g/mol. The van der Waals surface area contributed by atoms with Gasteiger partial charge in [-0.3, -0.25) is 0 Å². The van der Waals surface area contributed by atoms with E-state index in [4.69, 9.17) is 22.1 Å². The molecule has 3 rings (SSSR count). The van der Waals surface area contributed by atoms with Gasteiger partial charge in [0.25, 0.3) is 0 Å². The third kappa shape index (κ3) is 2.52. The van der Waals surface area contributed by atoms with Gasteiger partial charge in [0.05, 0.1) is 6.04 Å². The van der Waals surface area contributed by atoms with Crippen LogP contribution in [-0.4, -0.2) is 24.1 Å². The fourth-order valence-corrected chi connectivity index (χ4v) is 2.93. The summed E-state index contributed by atoms with van der Waals surface area (Å²) in [7, 11) is 0. The Kier molecular flexibility index (Phi) is 3.27. The molecule has 0 spiro atoms. The molecule has 1 heterocycles. The number of ether oxygens (including phenoxy) is 1. The zero-order chi connectivity index (χ0) is 12.5. The van der Waals surface area contributed by atoms with Crippen LogP contribution in [-0.2, 0) is 11.2 Å². The third-order valence-electron chi connectivity index (χ3n) is 3.64. The molecule has 1 aliphatic carbocycles. The second kappa shape index (κ2) is 4.90. The van der Waals surface area contributed by atoms with Gasteiger partial charge in [0.15, 0.2) is 5.90 Å². The van der Waals surface area contributed by atoms with E-state index in [1.807, 2.05) is 24.3 Å². The number of nitrogens with zero attached hydrogens (tertiary/aromatic N) is 1. The van der Waals surface area contributed by atoms with Gasteiger partial charge in [0, 0.05) is 23.9 Å². The van der Waals surface area contributed by atoms with Crippen molar-refractivity contribution in [3.8, 4) is 0 Å². The average molecular weight is 265 g/mol. The zero-order valence-electron chi connectivity index (χ0n) is 10.2. The largest absolute Gasteiger partial charge is 0.475 e. The molecular formula is C14H17ClN2O. The predicted octanol–water partition coefficient (Wildman–Crippen LogP) is 2.56. The molecule has 96 valence electrons. The van der Waals surface area contributed by atoms with Crippen molar-refractivity contribution in [2.24, 2.45) is 10.7 Å². The van der Waals surface area contributed by atoms with Crippen LogP contribution in [0.5, 0.6) is 0 Å². The average Bonchev–Trinajstić information content (AvgIpc) is 2.70. The molecule has 1 aromatic carbocycles. The Morgan fingerprint density at radius 3 is 3.11 bits per heavy atom. The Morgan fingerprint density at radius 1 is 1.39 bits per heavy atom. The van der Waals surface area contributed by atoms with E-state index in [0.29, 0.717) is 6.04 Å². The molecule has 0 aromatic heterocycles. The van der Waals surface area contributed by atoms with Gasteiger partial charge in [-0.15, -0.1) is 0 Å². The standard InChI is InChI=1S/C14H17ClN2O/c15-10-3-1-2-9(6-10)7-14-17-12-5-4-11(16)8-13(12)18-14/h1-3,6,11-13H,4-5,7-8,16H2. The highest BCUT2D eigenvalue weighted by molar-refractivity contribution is 6.30. The molecule has 1 saturated carbocycles. The van der Waals surface area contributed by atoms with Crippen LogP contribution in [0.2, 0.25) is 5.02 Å². The molecule has 4 heteroatoms. The van der Waals surface area contributed by atoms with Crippen LogP contribution in [0.15, 0.2) is 29.3 Å². The molecule has 3 unspecified atom stereocenters. The van der Waals surface area contributed by atoms with E-state index in [1.54, 1.807) is 0 Å². The maximum Gasteiger partial charge on any atom is 0.188 e. The number of hydrogen-bond acceptors (Lipinski definition) is 3. The van der Waals surface area contributed by atoms with Gasteiger partial charge in [-0.05, 0) is 30.5 Å². The number of aliphatic imine (C=N–C) groups is 1. The van der Waals surface area contributed by atoms with Crippen molar-refractivity contribution in [2.45, 2.75) is 43.9 Å². The third-order valence-corrected chi connectivity index (χ3v) is 3.87. The lowest BCUT2D eigenvalue weighted by Crippen LogP contribution is -2.38. The molecule has 0 radical (unpaired) electrons. The van der Waals surface area contributed by atoms with Crippen LogP contribution in [0.25, 0.3) is 0 Å². The summed E-state index contributed by atoms with van der Waals surface area (Å²) in [5.41, 5.74) is 7.10. The van der Waals surface area contributed by atoms with Crippen LogP contribution in [0.4, 0.5) is 0 Å². The lowest BCUT2D eigenvalue weighted by atomic mass is 9.90. The summed E-state index contributed by atoms with van der Waals surface area (Å²) in [5.74, 6) is 0.835. The Morgan fingerprint density at radius 2 is 2.28 bits per heavy atom. The number of nitrogens with two attached hydrogens (primary N) is 1. The highest BCUT2D eigenvalue weighted by Gasteiger charge is 2.35. The van der Waals surface area contributed by atoms with Gasteiger partial charge in [-0.2, -0.15) is 0 Å². The van der Waals surface area contributed by atoms with E-state index < -0.39 is 0 Å². The highest BCUT2D eigenvalue weighted by Crippen LogP contribution is 2.29. The Bertz CT molecular complexity index is 475. The smallest absolute Gasteiger partial charge is 0.188 e. The van der Waals surface area contributed by atoms with Crippen LogP contribution in [0.3, 0.4) is 0 Å². The second-order valence-corrected chi connectivity index (χ2v) is 5.56. The number of rotatable bonds is 2. The molecule has 3 nitrogen and oxygen atoms in total. The first-order chi connectivity index (χ1) is 8.70. The van der Waals surface area contributed by atoms with Gasteiger partial charge in [-0.1, -0.05) is 23.7 Å². The minimum Gasteiger partial charge on any atom is -0.475 e. The first-order valence-corrected chi connectivity index (χ1v) is 6.82. The van der Waals surface area contributed by atoms with Gasteiger partial charge >= 0.3 is 0 Å². The Balaban J connectivity index is 1.68. The Hall–Kier alpha value is -1.06. The lowest BCUT2D eigenvalue weighted by molar-refractivity contribution is 0.139. The number of hydrogen-bond donors (Lipinski definition) is 1. The number of benzene rings is 1. The molecule has 3 atom stereocenters.